The fourth-order valence-electron chi connectivity index (χ4n) is 3.32. The highest BCUT2D eigenvalue weighted by molar-refractivity contribution is 6.06. The van der Waals surface area contributed by atoms with Crippen molar-refractivity contribution in [2.24, 2.45) is 5.92 Å². The number of piperazine rings is 1. The number of amides is 1. The third-order valence-corrected chi connectivity index (χ3v) is 4.81. The molecule has 1 atom stereocenters. The lowest BCUT2D eigenvalue weighted by Gasteiger charge is -2.33. The Morgan fingerprint density at radius 1 is 1.08 bits per heavy atom. The van der Waals surface area contributed by atoms with Crippen molar-refractivity contribution in [2.45, 2.75) is 6.92 Å². The minimum absolute atomic E-state index is 0.0250. The first-order valence-electron chi connectivity index (χ1n) is 8.80. The van der Waals surface area contributed by atoms with E-state index in [-0.39, 0.29) is 5.91 Å². The predicted molar refractivity (Wildman–Crippen MR) is 99.4 cm³/mol. The zero-order valence-electron chi connectivity index (χ0n) is 14.7. The topological polar surface area (TPSA) is 35.6 Å². The molecule has 3 rings (SSSR count). The third kappa shape index (κ3) is 4.13. The molecule has 0 spiro atoms. The average Bonchev–Trinajstić information content (AvgIpc) is 2.61. The Morgan fingerprint density at radius 3 is 2.58 bits per heavy atom. The molecule has 0 bridgehead atoms. The Morgan fingerprint density at radius 2 is 1.79 bits per heavy atom. The van der Waals surface area contributed by atoms with Gasteiger partial charge in [-0.15, -0.1) is 0 Å². The number of likely N-dealkylation sites (N-methyl/N-ethyl adjacent to an activating group) is 1. The van der Waals surface area contributed by atoms with Gasteiger partial charge in [0.2, 0.25) is 0 Å². The van der Waals surface area contributed by atoms with E-state index < -0.39 is 0 Å². The molecule has 0 unspecified atom stereocenters. The summed E-state index contributed by atoms with van der Waals surface area (Å²) in [6.07, 6.45) is 0. The molecule has 2 aromatic rings. The zero-order chi connectivity index (χ0) is 16.9. The van der Waals surface area contributed by atoms with Gasteiger partial charge in [0.15, 0.2) is 0 Å². The number of fused-ring (bicyclic) bond motifs is 1. The van der Waals surface area contributed by atoms with Crippen LogP contribution < -0.4 is 5.32 Å². The van der Waals surface area contributed by atoms with Crippen LogP contribution in [0.15, 0.2) is 42.5 Å². The summed E-state index contributed by atoms with van der Waals surface area (Å²) in [5, 5.41) is 5.24. The fourth-order valence-corrected chi connectivity index (χ4v) is 3.32. The number of carbonyl (C=O) groups is 1. The van der Waals surface area contributed by atoms with E-state index in [1.807, 2.05) is 42.5 Å². The van der Waals surface area contributed by atoms with Crippen molar-refractivity contribution in [3.63, 3.8) is 0 Å². The van der Waals surface area contributed by atoms with Crippen molar-refractivity contribution < 1.29 is 4.79 Å². The SMILES string of the molecule is C[C@@H](CNC(=O)c1cccc2ccccc12)CN1CCN(C)CC1. The molecule has 0 aliphatic carbocycles. The summed E-state index contributed by atoms with van der Waals surface area (Å²) >= 11 is 0. The molecule has 0 aromatic heterocycles. The van der Waals surface area contributed by atoms with Gasteiger partial charge in [0.05, 0.1) is 0 Å². The lowest BCUT2D eigenvalue weighted by Crippen LogP contribution is -2.46. The molecule has 128 valence electrons. The van der Waals surface area contributed by atoms with E-state index in [0.717, 1.165) is 49.1 Å². The zero-order valence-corrected chi connectivity index (χ0v) is 14.7. The van der Waals surface area contributed by atoms with E-state index in [2.05, 4.69) is 29.1 Å². The normalized spacial score (nSPS) is 17.8. The molecular formula is C20H27N3O. The maximum atomic E-state index is 12.6. The van der Waals surface area contributed by atoms with Crippen LogP contribution in [0.1, 0.15) is 17.3 Å². The maximum Gasteiger partial charge on any atom is 0.251 e. The van der Waals surface area contributed by atoms with Crippen molar-refractivity contribution in [3.8, 4) is 0 Å². The molecule has 0 saturated carbocycles. The summed E-state index contributed by atoms with van der Waals surface area (Å²) in [5.74, 6) is 0.476. The van der Waals surface area contributed by atoms with E-state index in [4.69, 9.17) is 0 Å². The van der Waals surface area contributed by atoms with Crippen molar-refractivity contribution in [2.75, 3.05) is 46.3 Å². The van der Waals surface area contributed by atoms with Gasteiger partial charge in [-0.3, -0.25) is 4.79 Å². The first kappa shape index (κ1) is 16.9. The number of rotatable bonds is 5. The lowest BCUT2D eigenvalue weighted by molar-refractivity contribution is 0.0939. The van der Waals surface area contributed by atoms with Crippen molar-refractivity contribution >= 4 is 16.7 Å². The predicted octanol–water partition coefficient (Wildman–Crippen LogP) is 2.45. The fraction of sp³-hybridized carbons (Fsp3) is 0.450. The van der Waals surface area contributed by atoms with Gasteiger partial charge in [-0.2, -0.15) is 0 Å². The number of carbonyl (C=O) groups excluding carboxylic acids is 1. The molecular weight excluding hydrogens is 298 g/mol. The number of hydrogen-bond donors (Lipinski definition) is 1. The standard InChI is InChI=1S/C20H27N3O/c1-16(15-23-12-10-22(2)11-13-23)14-21-20(24)19-9-5-7-17-6-3-4-8-18(17)19/h3-9,16H,10-15H2,1-2H3,(H,21,24)/t16-/m0/s1. The molecule has 1 fully saturated rings. The molecule has 4 nitrogen and oxygen atoms in total. The molecule has 0 radical (unpaired) electrons. The van der Waals surface area contributed by atoms with Crippen LogP contribution in [0.5, 0.6) is 0 Å². The van der Waals surface area contributed by atoms with E-state index >= 15 is 0 Å². The quantitative estimate of drug-likeness (QED) is 0.917. The second-order valence-electron chi connectivity index (χ2n) is 6.95. The average molecular weight is 325 g/mol. The molecule has 2 aromatic carbocycles. The van der Waals surface area contributed by atoms with Crippen LogP contribution in [-0.4, -0.2) is 62.0 Å². The van der Waals surface area contributed by atoms with Gasteiger partial charge in [-0.05, 0) is 29.8 Å². The first-order chi connectivity index (χ1) is 11.6. The van der Waals surface area contributed by atoms with Crippen molar-refractivity contribution in [1.82, 2.24) is 15.1 Å². The summed E-state index contributed by atoms with van der Waals surface area (Å²) in [6.45, 7) is 8.49. The summed E-state index contributed by atoms with van der Waals surface area (Å²) in [6, 6.07) is 13.9. The third-order valence-electron chi connectivity index (χ3n) is 4.81. The van der Waals surface area contributed by atoms with Gasteiger partial charge in [-0.1, -0.05) is 43.3 Å². The number of benzene rings is 2. The molecule has 24 heavy (non-hydrogen) atoms. The van der Waals surface area contributed by atoms with Crippen LogP contribution >= 0.6 is 0 Å². The van der Waals surface area contributed by atoms with Crippen LogP contribution in [0, 0.1) is 5.92 Å². The van der Waals surface area contributed by atoms with Crippen LogP contribution in [-0.2, 0) is 0 Å². The van der Waals surface area contributed by atoms with Crippen molar-refractivity contribution in [3.05, 3.63) is 48.0 Å². The number of nitrogens with one attached hydrogen (secondary N) is 1. The first-order valence-corrected chi connectivity index (χ1v) is 8.80. The van der Waals surface area contributed by atoms with Crippen LogP contribution in [0.4, 0.5) is 0 Å². The Labute approximate surface area is 144 Å². The monoisotopic (exact) mass is 325 g/mol. The van der Waals surface area contributed by atoms with Gasteiger partial charge in [0, 0.05) is 44.8 Å². The van der Waals surface area contributed by atoms with E-state index in [1.165, 1.54) is 0 Å². The molecule has 1 amide bonds. The Balaban J connectivity index is 1.55. The molecule has 1 N–H and O–H groups in total. The van der Waals surface area contributed by atoms with Gasteiger partial charge < -0.3 is 15.1 Å². The van der Waals surface area contributed by atoms with E-state index in [1.54, 1.807) is 0 Å². The van der Waals surface area contributed by atoms with Crippen LogP contribution in [0.25, 0.3) is 10.8 Å². The smallest absolute Gasteiger partial charge is 0.251 e. The largest absolute Gasteiger partial charge is 0.352 e. The Kier molecular flexibility index (Phi) is 5.48. The summed E-state index contributed by atoms with van der Waals surface area (Å²) in [7, 11) is 2.17. The Bertz CT molecular complexity index is 687. The summed E-state index contributed by atoms with van der Waals surface area (Å²) in [5.41, 5.74) is 0.764. The van der Waals surface area contributed by atoms with Gasteiger partial charge in [0.25, 0.3) is 5.91 Å². The molecule has 1 saturated heterocycles. The maximum absolute atomic E-state index is 12.6. The van der Waals surface area contributed by atoms with Gasteiger partial charge >= 0.3 is 0 Å². The number of hydrogen-bond acceptors (Lipinski definition) is 3. The van der Waals surface area contributed by atoms with Gasteiger partial charge in [-0.25, -0.2) is 0 Å². The highest BCUT2D eigenvalue weighted by Gasteiger charge is 2.17. The molecule has 1 heterocycles. The van der Waals surface area contributed by atoms with E-state index in [9.17, 15) is 4.79 Å². The lowest BCUT2D eigenvalue weighted by atomic mass is 10.0. The molecule has 1 aliphatic rings. The summed E-state index contributed by atoms with van der Waals surface area (Å²) < 4.78 is 0. The number of nitrogens with zero attached hydrogens (tertiary/aromatic N) is 2. The molecule has 4 heteroatoms. The van der Waals surface area contributed by atoms with Crippen LogP contribution in [0.2, 0.25) is 0 Å². The Hall–Kier alpha value is -1.91. The molecule has 1 aliphatic heterocycles. The van der Waals surface area contributed by atoms with Gasteiger partial charge in [0.1, 0.15) is 0 Å². The second kappa shape index (κ2) is 7.77. The summed E-state index contributed by atoms with van der Waals surface area (Å²) in [4.78, 5) is 17.4. The van der Waals surface area contributed by atoms with Crippen LogP contribution in [0.3, 0.4) is 0 Å². The highest BCUT2D eigenvalue weighted by atomic mass is 16.1. The minimum Gasteiger partial charge on any atom is -0.352 e. The van der Waals surface area contributed by atoms with Crippen molar-refractivity contribution in [1.29, 1.82) is 0 Å². The second-order valence-corrected chi connectivity index (χ2v) is 6.95. The minimum atomic E-state index is 0.0250. The highest BCUT2D eigenvalue weighted by Crippen LogP contribution is 2.18. The van der Waals surface area contributed by atoms with E-state index in [0.29, 0.717) is 12.5 Å².